The Labute approximate surface area is 149 Å². The van der Waals surface area contributed by atoms with E-state index in [0.717, 1.165) is 10.9 Å². The minimum Gasteiger partial charge on any atom is -0.380 e. The summed E-state index contributed by atoms with van der Waals surface area (Å²) in [5.74, 6) is 0.818. The number of carbonyl (C=O) groups is 1. The molecule has 1 fully saturated rings. The largest absolute Gasteiger partial charge is 0.380 e. The molecule has 1 aliphatic heterocycles. The van der Waals surface area contributed by atoms with Crippen molar-refractivity contribution in [3.05, 3.63) is 42.4 Å². The fraction of sp³-hybridized carbons (Fsp3) is 0.333. The number of rotatable bonds is 4. The summed E-state index contributed by atoms with van der Waals surface area (Å²) >= 11 is 0. The van der Waals surface area contributed by atoms with E-state index in [9.17, 15) is 9.18 Å². The van der Waals surface area contributed by atoms with Crippen LogP contribution in [0.15, 0.2) is 36.7 Å². The van der Waals surface area contributed by atoms with Crippen molar-refractivity contribution in [2.75, 3.05) is 25.2 Å². The van der Waals surface area contributed by atoms with Crippen LogP contribution in [0.5, 0.6) is 0 Å². The quantitative estimate of drug-likeness (QED) is 0.777. The number of fused-ring (bicyclic) bond motifs is 1. The van der Waals surface area contributed by atoms with Gasteiger partial charge in [-0.15, -0.1) is 0 Å². The van der Waals surface area contributed by atoms with Gasteiger partial charge in [0.15, 0.2) is 5.82 Å². The highest BCUT2D eigenvalue weighted by molar-refractivity contribution is 5.90. The van der Waals surface area contributed by atoms with E-state index in [1.54, 1.807) is 23.1 Å². The van der Waals surface area contributed by atoms with E-state index in [0.29, 0.717) is 37.0 Å². The van der Waals surface area contributed by atoms with Gasteiger partial charge in [-0.2, -0.15) is 5.10 Å². The van der Waals surface area contributed by atoms with Crippen molar-refractivity contribution in [1.29, 1.82) is 0 Å². The highest BCUT2D eigenvalue weighted by atomic mass is 19.1. The first-order chi connectivity index (χ1) is 12.6. The highest BCUT2D eigenvalue weighted by Gasteiger charge is 2.38. The zero-order valence-corrected chi connectivity index (χ0v) is 14.3. The number of anilines is 1. The van der Waals surface area contributed by atoms with Crippen molar-refractivity contribution >= 4 is 22.6 Å². The smallest absolute Gasteiger partial charge is 0.222 e. The predicted molar refractivity (Wildman–Crippen MR) is 94.1 cm³/mol. The van der Waals surface area contributed by atoms with E-state index in [1.807, 2.05) is 18.2 Å². The molecule has 0 radical (unpaired) electrons. The van der Waals surface area contributed by atoms with Crippen LogP contribution >= 0.6 is 0 Å². The SMILES string of the molecule is CC(=O)Nc1cc2c(cn1)cnn2-c1cccc(C2(CF)CCOC2)n1. The fourth-order valence-electron chi connectivity index (χ4n) is 3.17. The van der Waals surface area contributed by atoms with E-state index in [4.69, 9.17) is 4.74 Å². The molecule has 0 spiro atoms. The number of hydrogen-bond donors (Lipinski definition) is 1. The Bertz CT molecular complexity index is 965. The molecular formula is C18H18FN5O2. The summed E-state index contributed by atoms with van der Waals surface area (Å²) in [4.78, 5) is 20.1. The minimum absolute atomic E-state index is 0.200. The third kappa shape index (κ3) is 2.82. The van der Waals surface area contributed by atoms with Crippen LogP contribution < -0.4 is 5.32 Å². The Hall–Kier alpha value is -2.87. The summed E-state index contributed by atoms with van der Waals surface area (Å²) in [5, 5.41) is 7.85. The number of hydrogen-bond acceptors (Lipinski definition) is 5. The van der Waals surface area contributed by atoms with Crippen molar-refractivity contribution in [1.82, 2.24) is 19.7 Å². The number of nitrogens with one attached hydrogen (secondary N) is 1. The normalized spacial score (nSPS) is 19.8. The van der Waals surface area contributed by atoms with Gasteiger partial charge in [0, 0.05) is 31.2 Å². The third-order valence-corrected chi connectivity index (χ3v) is 4.61. The summed E-state index contributed by atoms with van der Waals surface area (Å²) in [7, 11) is 0. The number of halogens is 1. The standard InChI is InChI=1S/C18H18FN5O2/c1-12(25)22-16-7-14-13(8-20-16)9-21-24(14)17-4-2-3-15(23-17)18(10-19)5-6-26-11-18/h2-4,7-9H,5-6,10-11H2,1H3,(H,20,22,25). The molecule has 26 heavy (non-hydrogen) atoms. The van der Waals surface area contributed by atoms with Crippen LogP contribution in [0.25, 0.3) is 16.7 Å². The third-order valence-electron chi connectivity index (χ3n) is 4.61. The van der Waals surface area contributed by atoms with Crippen molar-refractivity contribution in [3.63, 3.8) is 0 Å². The lowest BCUT2D eigenvalue weighted by atomic mass is 9.85. The van der Waals surface area contributed by atoms with E-state index >= 15 is 0 Å². The molecule has 3 aromatic heterocycles. The monoisotopic (exact) mass is 355 g/mol. The Morgan fingerprint density at radius 3 is 3.04 bits per heavy atom. The van der Waals surface area contributed by atoms with Gasteiger partial charge < -0.3 is 10.1 Å². The maximum atomic E-state index is 13.7. The summed E-state index contributed by atoms with van der Waals surface area (Å²) < 4.78 is 20.8. The predicted octanol–water partition coefficient (Wildman–Crippen LogP) is 2.40. The van der Waals surface area contributed by atoms with Gasteiger partial charge in [-0.05, 0) is 18.6 Å². The van der Waals surface area contributed by atoms with Crippen LogP contribution in [0.2, 0.25) is 0 Å². The van der Waals surface area contributed by atoms with E-state index in [2.05, 4.69) is 20.4 Å². The van der Waals surface area contributed by atoms with Gasteiger partial charge in [-0.25, -0.2) is 19.0 Å². The molecule has 1 atom stereocenters. The number of nitrogens with zero attached hydrogens (tertiary/aromatic N) is 4. The first kappa shape index (κ1) is 16.6. The lowest BCUT2D eigenvalue weighted by Gasteiger charge is -2.23. The van der Waals surface area contributed by atoms with Crippen molar-refractivity contribution < 1.29 is 13.9 Å². The Kier molecular flexibility index (Phi) is 4.12. The molecule has 8 heteroatoms. The van der Waals surface area contributed by atoms with Gasteiger partial charge in [-0.3, -0.25) is 4.79 Å². The molecule has 1 saturated heterocycles. The number of amides is 1. The Morgan fingerprint density at radius 2 is 2.31 bits per heavy atom. The molecule has 0 aliphatic carbocycles. The fourth-order valence-corrected chi connectivity index (χ4v) is 3.17. The van der Waals surface area contributed by atoms with Crippen LogP contribution in [0.1, 0.15) is 19.0 Å². The van der Waals surface area contributed by atoms with Gasteiger partial charge in [0.05, 0.1) is 29.4 Å². The number of carbonyl (C=O) groups excluding carboxylic acids is 1. The number of alkyl halides is 1. The van der Waals surface area contributed by atoms with Gasteiger partial charge in [-0.1, -0.05) is 6.07 Å². The molecule has 1 unspecified atom stereocenters. The van der Waals surface area contributed by atoms with E-state index in [1.165, 1.54) is 6.92 Å². The molecular weight excluding hydrogens is 337 g/mol. The Morgan fingerprint density at radius 1 is 1.42 bits per heavy atom. The first-order valence-electron chi connectivity index (χ1n) is 8.34. The van der Waals surface area contributed by atoms with E-state index in [-0.39, 0.29) is 5.91 Å². The zero-order chi connectivity index (χ0) is 18.1. The second-order valence-corrected chi connectivity index (χ2v) is 6.46. The van der Waals surface area contributed by atoms with Crippen LogP contribution in [-0.2, 0) is 14.9 Å². The topological polar surface area (TPSA) is 81.9 Å². The highest BCUT2D eigenvalue weighted by Crippen LogP contribution is 2.33. The van der Waals surface area contributed by atoms with Gasteiger partial charge in [0.1, 0.15) is 12.5 Å². The van der Waals surface area contributed by atoms with Crippen molar-refractivity contribution in [3.8, 4) is 5.82 Å². The zero-order valence-electron chi connectivity index (χ0n) is 14.3. The van der Waals surface area contributed by atoms with Crippen LogP contribution in [0.3, 0.4) is 0 Å². The molecule has 4 heterocycles. The first-order valence-corrected chi connectivity index (χ1v) is 8.34. The molecule has 1 N–H and O–H groups in total. The lowest BCUT2D eigenvalue weighted by molar-refractivity contribution is -0.114. The molecule has 4 rings (SSSR count). The average molecular weight is 355 g/mol. The molecule has 134 valence electrons. The minimum atomic E-state index is -0.693. The molecule has 0 bridgehead atoms. The lowest BCUT2D eigenvalue weighted by Crippen LogP contribution is -2.30. The van der Waals surface area contributed by atoms with Crippen LogP contribution in [0.4, 0.5) is 10.2 Å². The van der Waals surface area contributed by atoms with E-state index < -0.39 is 12.1 Å². The number of pyridine rings is 2. The molecule has 3 aromatic rings. The average Bonchev–Trinajstić information content (AvgIpc) is 3.29. The summed E-state index contributed by atoms with van der Waals surface area (Å²) in [6.07, 6.45) is 3.93. The second-order valence-electron chi connectivity index (χ2n) is 6.46. The van der Waals surface area contributed by atoms with Crippen molar-refractivity contribution in [2.45, 2.75) is 18.8 Å². The van der Waals surface area contributed by atoms with Gasteiger partial charge >= 0.3 is 0 Å². The maximum Gasteiger partial charge on any atom is 0.222 e. The maximum absolute atomic E-state index is 13.7. The molecule has 0 saturated carbocycles. The van der Waals surface area contributed by atoms with Gasteiger partial charge in [0.25, 0.3) is 0 Å². The van der Waals surface area contributed by atoms with Crippen LogP contribution in [-0.4, -0.2) is 45.5 Å². The summed E-state index contributed by atoms with van der Waals surface area (Å²) in [5.41, 5.74) is 0.724. The molecule has 1 aliphatic rings. The second kappa shape index (κ2) is 6.45. The summed E-state index contributed by atoms with van der Waals surface area (Å²) in [6.45, 7) is 1.77. The Balaban J connectivity index is 1.78. The van der Waals surface area contributed by atoms with Crippen LogP contribution in [0, 0.1) is 0 Å². The molecule has 0 aromatic carbocycles. The van der Waals surface area contributed by atoms with Gasteiger partial charge in [0.2, 0.25) is 5.91 Å². The summed E-state index contributed by atoms with van der Waals surface area (Å²) in [6, 6.07) is 7.22. The molecule has 7 nitrogen and oxygen atoms in total. The molecule has 1 amide bonds. The number of ether oxygens (including phenoxy) is 1. The number of aromatic nitrogens is 4. The van der Waals surface area contributed by atoms with Crippen molar-refractivity contribution in [2.24, 2.45) is 0 Å².